The highest BCUT2D eigenvalue weighted by Crippen LogP contribution is 2.53. The Morgan fingerprint density at radius 1 is 1.40 bits per heavy atom. The summed E-state index contributed by atoms with van der Waals surface area (Å²) < 4.78 is 28.5. The van der Waals surface area contributed by atoms with E-state index in [0.717, 1.165) is 25.0 Å². The van der Waals surface area contributed by atoms with Crippen molar-refractivity contribution in [2.75, 3.05) is 18.2 Å². The Morgan fingerprint density at radius 3 is 2.75 bits per heavy atom. The quantitative estimate of drug-likeness (QED) is 0.919. The first-order chi connectivity index (χ1) is 9.30. The second-order valence-corrected chi connectivity index (χ2v) is 8.31. The van der Waals surface area contributed by atoms with Crippen LogP contribution in [0, 0.1) is 11.3 Å². The van der Waals surface area contributed by atoms with Gasteiger partial charge in [-0.3, -0.25) is 0 Å². The molecule has 2 fully saturated rings. The Balaban J connectivity index is 1.76. The molecule has 20 heavy (non-hydrogen) atoms. The first-order valence-electron chi connectivity index (χ1n) is 6.84. The van der Waals surface area contributed by atoms with E-state index in [4.69, 9.17) is 4.74 Å². The predicted octanol–water partition coefficient (Wildman–Crippen LogP) is 1.71. The van der Waals surface area contributed by atoms with Gasteiger partial charge in [-0.05, 0) is 18.6 Å². The van der Waals surface area contributed by atoms with Crippen LogP contribution in [0.1, 0.15) is 20.3 Å². The maximum Gasteiger partial charge on any atom is 0.192 e. The van der Waals surface area contributed by atoms with E-state index in [1.165, 1.54) is 0 Å². The van der Waals surface area contributed by atoms with E-state index < -0.39 is 9.84 Å². The molecule has 1 aromatic rings. The smallest absolute Gasteiger partial charge is 0.192 e. The summed E-state index contributed by atoms with van der Waals surface area (Å²) in [5.74, 6) is 0.541. The summed E-state index contributed by atoms with van der Waals surface area (Å²) in [5, 5.41) is 3.59. The number of ether oxygens (including phenoxy) is 1. The Kier molecular flexibility index (Phi) is 3.06. The zero-order valence-corrected chi connectivity index (χ0v) is 12.8. The van der Waals surface area contributed by atoms with Gasteiger partial charge >= 0.3 is 0 Å². The second-order valence-electron chi connectivity index (χ2n) is 6.34. The fourth-order valence-corrected chi connectivity index (χ4v) is 4.04. The van der Waals surface area contributed by atoms with Crippen LogP contribution < -0.4 is 5.32 Å². The van der Waals surface area contributed by atoms with Gasteiger partial charge in [0, 0.05) is 30.2 Å². The van der Waals surface area contributed by atoms with Crippen molar-refractivity contribution in [1.29, 1.82) is 0 Å². The van der Waals surface area contributed by atoms with Crippen molar-refractivity contribution in [3.63, 3.8) is 0 Å². The standard InChI is InChI=1S/C14H20N2O3S/c1-14(2)12(10-6-7-19-13(10)14)16-9-4-5-11(15-8-9)20(3,17)18/h4-5,8,10,12-13,16H,6-7H2,1-3H3. The highest BCUT2D eigenvalue weighted by molar-refractivity contribution is 7.90. The lowest BCUT2D eigenvalue weighted by Gasteiger charge is -2.55. The van der Waals surface area contributed by atoms with Crippen LogP contribution in [0.2, 0.25) is 0 Å². The molecule has 0 amide bonds. The molecule has 3 rings (SSSR count). The van der Waals surface area contributed by atoms with Crippen molar-refractivity contribution in [2.24, 2.45) is 11.3 Å². The number of aromatic nitrogens is 1. The molecule has 0 bridgehead atoms. The van der Waals surface area contributed by atoms with E-state index in [0.29, 0.717) is 18.1 Å². The molecule has 2 aliphatic rings. The molecular weight excluding hydrogens is 276 g/mol. The van der Waals surface area contributed by atoms with Crippen LogP contribution >= 0.6 is 0 Å². The average molecular weight is 296 g/mol. The van der Waals surface area contributed by atoms with Gasteiger partial charge in [0.1, 0.15) is 0 Å². The minimum Gasteiger partial charge on any atom is -0.380 e. The van der Waals surface area contributed by atoms with Crippen LogP contribution in [0.4, 0.5) is 5.69 Å². The van der Waals surface area contributed by atoms with Crippen LogP contribution in [0.5, 0.6) is 0 Å². The third kappa shape index (κ3) is 2.11. The van der Waals surface area contributed by atoms with E-state index in [1.54, 1.807) is 18.3 Å². The Morgan fingerprint density at radius 2 is 2.15 bits per heavy atom. The number of rotatable bonds is 3. The lowest BCUT2D eigenvalue weighted by molar-refractivity contribution is -0.0923. The van der Waals surface area contributed by atoms with Crippen molar-refractivity contribution in [1.82, 2.24) is 4.98 Å². The lowest BCUT2D eigenvalue weighted by atomic mass is 9.57. The SMILES string of the molecule is CC1(C)C(Nc2ccc(S(C)(=O)=O)nc2)C2CCOC21. The van der Waals surface area contributed by atoms with Crippen LogP contribution in [-0.2, 0) is 14.6 Å². The summed E-state index contributed by atoms with van der Waals surface area (Å²) in [5.41, 5.74) is 0.956. The number of hydrogen-bond acceptors (Lipinski definition) is 5. The van der Waals surface area contributed by atoms with Crippen molar-refractivity contribution in [3.8, 4) is 0 Å². The molecule has 3 atom stereocenters. The van der Waals surface area contributed by atoms with Crippen molar-refractivity contribution >= 4 is 15.5 Å². The maximum absolute atomic E-state index is 11.4. The van der Waals surface area contributed by atoms with Crippen molar-refractivity contribution < 1.29 is 13.2 Å². The fourth-order valence-electron chi connectivity index (χ4n) is 3.48. The van der Waals surface area contributed by atoms with Gasteiger partial charge < -0.3 is 10.1 Å². The molecule has 0 spiro atoms. The second kappa shape index (κ2) is 4.43. The molecule has 1 aromatic heterocycles. The third-order valence-electron chi connectivity index (χ3n) is 4.54. The van der Waals surface area contributed by atoms with Crippen LogP contribution in [0.3, 0.4) is 0 Å². The van der Waals surface area contributed by atoms with Gasteiger partial charge in [-0.25, -0.2) is 13.4 Å². The Bertz CT molecular complexity index is 610. The molecule has 3 unspecified atom stereocenters. The minimum atomic E-state index is -3.24. The molecule has 2 heterocycles. The van der Waals surface area contributed by atoms with Gasteiger partial charge in [-0.15, -0.1) is 0 Å². The molecule has 1 aliphatic heterocycles. The number of pyridine rings is 1. The van der Waals surface area contributed by atoms with Crippen LogP contribution in [0.15, 0.2) is 23.4 Å². The van der Waals surface area contributed by atoms with E-state index in [2.05, 4.69) is 24.1 Å². The lowest BCUT2D eigenvalue weighted by Crippen LogP contribution is -2.63. The number of sulfone groups is 1. The summed E-state index contributed by atoms with van der Waals surface area (Å²) in [6.45, 7) is 5.24. The summed E-state index contributed by atoms with van der Waals surface area (Å²) in [6, 6.07) is 3.68. The van der Waals surface area contributed by atoms with E-state index in [9.17, 15) is 8.42 Å². The summed E-state index contributed by atoms with van der Waals surface area (Å²) in [4.78, 5) is 4.01. The van der Waals surface area contributed by atoms with Gasteiger partial charge in [-0.2, -0.15) is 0 Å². The molecular formula is C14H20N2O3S. The largest absolute Gasteiger partial charge is 0.380 e. The Labute approximate surface area is 119 Å². The number of anilines is 1. The number of hydrogen-bond donors (Lipinski definition) is 1. The highest BCUT2D eigenvalue weighted by Gasteiger charge is 2.59. The topological polar surface area (TPSA) is 68.3 Å². The van der Waals surface area contributed by atoms with Gasteiger partial charge in [-0.1, -0.05) is 13.8 Å². The molecule has 5 nitrogen and oxygen atoms in total. The van der Waals surface area contributed by atoms with Gasteiger partial charge in [0.15, 0.2) is 14.9 Å². The molecule has 6 heteroatoms. The number of nitrogens with one attached hydrogen (secondary N) is 1. The number of nitrogens with zero attached hydrogens (tertiary/aromatic N) is 1. The zero-order valence-electron chi connectivity index (χ0n) is 12.0. The monoisotopic (exact) mass is 296 g/mol. The maximum atomic E-state index is 11.4. The summed E-state index contributed by atoms with van der Waals surface area (Å²) in [7, 11) is -3.24. The van der Waals surface area contributed by atoms with Crippen molar-refractivity contribution in [3.05, 3.63) is 18.3 Å². The van der Waals surface area contributed by atoms with Gasteiger partial charge in [0.2, 0.25) is 0 Å². The first kappa shape index (κ1) is 13.8. The molecule has 1 aliphatic carbocycles. The fraction of sp³-hybridized carbons (Fsp3) is 0.643. The Hall–Kier alpha value is -1.14. The predicted molar refractivity (Wildman–Crippen MR) is 76.4 cm³/mol. The molecule has 0 radical (unpaired) electrons. The number of fused-ring (bicyclic) bond motifs is 1. The van der Waals surface area contributed by atoms with Crippen LogP contribution in [-0.4, -0.2) is 38.4 Å². The first-order valence-corrected chi connectivity index (χ1v) is 8.73. The zero-order chi connectivity index (χ0) is 14.5. The molecule has 1 saturated heterocycles. The van der Waals surface area contributed by atoms with Crippen molar-refractivity contribution in [2.45, 2.75) is 37.4 Å². The normalized spacial score (nSPS) is 31.4. The summed E-state index contributed by atoms with van der Waals surface area (Å²) in [6.07, 6.45) is 4.18. The third-order valence-corrected chi connectivity index (χ3v) is 5.54. The average Bonchev–Trinajstić information content (AvgIpc) is 2.82. The van der Waals surface area contributed by atoms with E-state index in [1.807, 2.05) is 0 Å². The van der Waals surface area contributed by atoms with Crippen LogP contribution in [0.25, 0.3) is 0 Å². The highest BCUT2D eigenvalue weighted by atomic mass is 32.2. The van der Waals surface area contributed by atoms with E-state index >= 15 is 0 Å². The molecule has 0 aromatic carbocycles. The van der Waals surface area contributed by atoms with Gasteiger partial charge in [0.25, 0.3) is 0 Å². The molecule has 110 valence electrons. The molecule has 1 N–H and O–H groups in total. The van der Waals surface area contributed by atoms with Gasteiger partial charge in [0.05, 0.1) is 18.0 Å². The molecule has 1 saturated carbocycles. The summed E-state index contributed by atoms with van der Waals surface area (Å²) >= 11 is 0. The minimum absolute atomic E-state index is 0.0939. The van der Waals surface area contributed by atoms with E-state index in [-0.39, 0.29) is 10.4 Å².